The fraction of sp³-hybridized carbons (Fsp3) is 0.600. The lowest BCUT2D eigenvalue weighted by Gasteiger charge is -2.13. The summed E-state index contributed by atoms with van der Waals surface area (Å²) in [6.45, 7) is 2.78. The summed E-state index contributed by atoms with van der Waals surface area (Å²) in [5.74, 6) is 2.43. The molecule has 0 atom stereocenters. The van der Waals surface area contributed by atoms with Crippen molar-refractivity contribution in [1.82, 2.24) is 9.97 Å². The van der Waals surface area contributed by atoms with E-state index < -0.39 is 0 Å². The molecule has 1 aromatic rings. The Morgan fingerprint density at radius 3 is 2.73 bits per heavy atom. The van der Waals surface area contributed by atoms with Crippen LogP contribution in [0.2, 0.25) is 0 Å². The van der Waals surface area contributed by atoms with E-state index in [4.69, 9.17) is 5.11 Å². The van der Waals surface area contributed by atoms with Crippen molar-refractivity contribution in [3.05, 3.63) is 11.9 Å². The van der Waals surface area contributed by atoms with E-state index in [1.165, 1.54) is 0 Å². The van der Waals surface area contributed by atoms with Crippen LogP contribution in [0.3, 0.4) is 0 Å². The standard InChI is InChI=1S/C10H18N4O/c1-8-12-9(11-5-4-6-15)7-10(13-8)14(2)3/h7,15H,4-6H2,1-3H3,(H,11,12,13). The fourth-order valence-corrected chi connectivity index (χ4v) is 1.17. The van der Waals surface area contributed by atoms with Gasteiger partial charge in [0.2, 0.25) is 0 Å². The fourth-order valence-electron chi connectivity index (χ4n) is 1.17. The van der Waals surface area contributed by atoms with Crippen LogP contribution in [-0.2, 0) is 0 Å². The smallest absolute Gasteiger partial charge is 0.133 e. The summed E-state index contributed by atoms with van der Waals surface area (Å²) in [4.78, 5) is 10.5. The molecule has 15 heavy (non-hydrogen) atoms. The predicted molar refractivity (Wildman–Crippen MR) is 61.3 cm³/mol. The van der Waals surface area contributed by atoms with Gasteiger partial charge in [-0.3, -0.25) is 0 Å². The van der Waals surface area contributed by atoms with Crippen molar-refractivity contribution in [2.75, 3.05) is 37.5 Å². The number of hydrogen-bond donors (Lipinski definition) is 2. The minimum Gasteiger partial charge on any atom is -0.396 e. The molecule has 0 unspecified atom stereocenters. The lowest BCUT2D eigenvalue weighted by molar-refractivity contribution is 0.292. The number of rotatable bonds is 5. The number of anilines is 2. The second kappa shape index (κ2) is 5.50. The lowest BCUT2D eigenvalue weighted by Crippen LogP contribution is -2.13. The van der Waals surface area contributed by atoms with Crippen LogP contribution >= 0.6 is 0 Å². The van der Waals surface area contributed by atoms with Crippen LogP contribution < -0.4 is 10.2 Å². The molecule has 5 heteroatoms. The molecule has 1 aromatic heterocycles. The Morgan fingerprint density at radius 1 is 1.40 bits per heavy atom. The molecular formula is C10H18N4O. The molecule has 0 radical (unpaired) electrons. The molecule has 0 saturated heterocycles. The number of nitrogens with zero attached hydrogens (tertiary/aromatic N) is 3. The van der Waals surface area contributed by atoms with Gasteiger partial charge in [0.15, 0.2) is 0 Å². The van der Waals surface area contributed by atoms with E-state index in [0.717, 1.165) is 30.4 Å². The van der Waals surface area contributed by atoms with Gasteiger partial charge in [0.25, 0.3) is 0 Å². The molecule has 5 nitrogen and oxygen atoms in total. The predicted octanol–water partition coefficient (Wildman–Crippen LogP) is 0.645. The van der Waals surface area contributed by atoms with E-state index in [1.54, 1.807) is 0 Å². The third-order valence-corrected chi connectivity index (χ3v) is 1.92. The third kappa shape index (κ3) is 3.71. The Balaban J connectivity index is 2.71. The molecule has 0 amide bonds. The zero-order valence-electron chi connectivity index (χ0n) is 9.49. The van der Waals surface area contributed by atoms with Gasteiger partial charge in [-0.15, -0.1) is 0 Å². The van der Waals surface area contributed by atoms with Gasteiger partial charge in [-0.05, 0) is 13.3 Å². The zero-order chi connectivity index (χ0) is 11.3. The summed E-state index contributed by atoms with van der Waals surface area (Å²) in [6, 6.07) is 1.89. The highest BCUT2D eigenvalue weighted by atomic mass is 16.3. The van der Waals surface area contributed by atoms with Gasteiger partial charge in [-0.25, -0.2) is 9.97 Å². The largest absolute Gasteiger partial charge is 0.396 e. The zero-order valence-corrected chi connectivity index (χ0v) is 9.49. The highest BCUT2D eigenvalue weighted by Gasteiger charge is 2.02. The van der Waals surface area contributed by atoms with Crippen molar-refractivity contribution in [3.63, 3.8) is 0 Å². The maximum atomic E-state index is 8.66. The van der Waals surface area contributed by atoms with Gasteiger partial charge in [0, 0.05) is 33.3 Å². The van der Waals surface area contributed by atoms with Gasteiger partial charge in [-0.1, -0.05) is 0 Å². The summed E-state index contributed by atoms with van der Waals surface area (Å²) in [5, 5.41) is 11.8. The van der Waals surface area contributed by atoms with Gasteiger partial charge in [0.05, 0.1) is 0 Å². The van der Waals surface area contributed by atoms with E-state index in [2.05, 4.69) is 15.3 Å². The normalized spacial score (nSPS) is 10.1. The minimum absolute atomic E-state index is 0.192. The molecule has 0 aromatic carbocycles. The molecular weight excluding hydrogens is 192 g/mol. The number of aliphatic hydroxyl groups excluding tert-OH is 1. The Morgan fingerprint density at radius 2 is 2.13 bits per heavy atom. The second-order valence-corrected chi connectivity index (χ2v) is 3.56. The van der Waals surface area contributed by atoms with Crippen LogP contribution in [-0.4, -0.2) is 42.3 Å². The van der Waals surface area contributed by atoms with Crippen LogP contribution in [0.5, 0.6) is 0 Å². The first-order valence-electron chi connectivity index (χ1n) is 5.01. The summed E-state index contributed by atoms with van der Waals surface area (Å²) < 4.78 is 0. The summed E-state index contributed by atoms with van der Waals surface area (Å²) in [7, 11) is 3.89. The van der Waals surface area contributed by atoms with Crippen LogP contribution in [0, 0.1) is 6.92 Å². The molecule has 0 spiro atoms. The van der Waals surface area contributed by atoms with Gasteiger partial charge >= 0.3 is 0 Å². The quantitative estimate of drug-likeness (QED) is 0.699. The number of aryl methyl sites for hydroxylation is 1. The maximum Gasteiger partial charge on any atom is 0.133 e. The van der Waals surface area contributed by atoms with Crippen molar-refractivity contribution < 1.29 is 5.11 Å². The lowest BCUT2D eigenvalue weighted by atomic mass is 10.4. The van der Waals surface area contributed by atoms with Crippen LogP contribution in [0.1, 0.15) is 12.2 Å². The van der Waals surface area contributed by atoms with Gasteiger partial charge in [-0.2, -0.15) is 0 Å². The Labute approximate surface area is 90.2 Å². The molecule has 1 heterocycles. The van der Waals surface area contributed by atoms with E-state index in [9.17, 15) is 0 Å². The van der Waals surface area contributed by atoms with Crippen molar-refractivity contribution in [2.24, 2.45) is 0 Å². The van der Waals surface area contributed by atoms with Crippen LogP contribution in [0.4, 0.5) is 11.6 Å². The third-order valence-electron chi connectivity index (χ3n) is 1.92. The first-order chi connectivity index (χ1) is 7.13. The molecule has 0 fully saturated rings. The average molecular weight is 210 g/mol. The summed E-state index contributed by atoms with van der Waals surface area (Å²) in [6.07, 6.45) is 0.723. The monoisotopic (exact) mass is 210 g/mol. The maximum absolute atomic E-state index is 8.66. The molecule has 0 saturated carbocycles. The van der Waals surface area contributed by atoms with Gasteiger partial charge in [0.1, 0.15) is 17.5 Å². The highest BCUT2D eigenvalue weighted by molar-refractivity contribution is 5.48. The topological polar surface area (TPSA) is 61.3 Å². The molecule has 0 aliphatic carbocycles. The molecule has 0 aliphatic heterocycles. The molecule has 0 aliphatic rings. The summed E-state index contributed by atoms with van der Waals surface area (Å²) >= 11 is 0. The summed E-state index contributed by atoms with van der Waals surface area (Å²) in [5.41, 5.74) is 0. The van der Waals surface area contributed by atoms with E-state index in [1.807, 2.05) is 32.0 Å². The van der Waals surface area contributed by atoms with Crippen LogP contribution in [0.15, 0.2) is 6.07 Å². The molecule has 1 rings (SSSR count). The molecule has 2 N–H and O–H groups in total. The van der Waals surface area contributed by atoms with E-state index >= 15 is 0 Å². The molecule has 84 valence electrons. The SMILES string of the molecule is Cc1nc(NCCCO)cc(N(C)C)n1. The Bertz CT molecular complexity index is 314. The van der Waals surface area contributed by atoms with Crippen molar-refractivity contribution in [1.29, 1.82) is 0 Å². The van der Waals surface area contributed by atoms with E-state index in [-0.39, 0.29) is 6.61 Å². The Kier molecular flexibility index (Phi) is 4.30. The second-order valence-electron chi connectivity index (χ2n) is 3.56. The first-order valence-corrected chi connectivity index (χ1v) is 5.01. The number of aromatic nitrogens is 2. The molecule has 0 bridgehead atoms. The average Bonchev–Trinajstić information content (AvgIpc) is 2.17. The van der Waals surface area contributed by atoms with E-state index in [0.29, 0.717) is 0 Å². The Hall–Kier alpha value is -1.36. The number of nitrogens with one attached hydrogen (secondary N) is 1. The number of aliphatic hydroxyl groups is 1. The highest BCUT2D eigenvalue weighted by Crippen LogP contribution is 2.12. The van der Waals surface area contributed by atoms with Crippen molar-refractivity contribution in [2.45, 2.75) is 13.3 Å². The first kappa shape index (κ1) is 11.7. The van der Waals surface area contributed by atoms with Crippen molar-refractivity contribution >= 4 is 11.6 Å². The minimum atomic E-state index is 0.192. The van der Waals surface area contributed by atoms with Crippen molar-refractivity contribution in [3.8, 4) is 0 Å². The van der Waals surface area contributed by atoms with Gasteiger partial charge < -0.3 is 15.3 Å². The van der Waals surface area contributed by atoms with Crippen LogP contribution in [0.25, 0.3) is 0 Å². The number of hydrogen-bond acceptors (Lipinski definition) is 5.